The number of esters is 1. The van der Waals surface area contributed by atoms with Gasteiger partial charge in [-0.2, -0.15) is 0 Å². The molecule has 27 heavy (non-hydrogen) atoms. The van der Waals surface area contributed by atoms with E-state index in [-0.39, 0.29) is 11.7 Å². The highest BCUT2D eigenvalue weighted by molar-refractivity contribution is 9.10. The number of ether oxygens (including phenoxy) is 1. The number of hydrogen-bond acceptors (Lipinski definition) is 5. The maximum absolute atomic E-state index is 12.6. The van der Waals surface area contributed by atoms with Crippen LogP contribution in [0.2, 0.25) is 0 Å². The SMILES string of the molecule is CCOC(=O)c1c(CNCSc2ccccc2)n(C)c2cc(Br)c(O)cc12. The summed E-state index contributed by atoms with van der Waals surface area (Å²) in [5, 5.41) is 14.1. The first kappa shape index (κ1) is 19.8. The Morgan fingerprint density at radius 3 is 2.74 bits per heavy atom. The van der Waals surface area contributed by atoms with Crippen LogP contribution in [-0.2, 0) is 18.3 Å². The second kappa shape index (κ2) is 8.82. The molecule has 2 aromatic carbocycles. The minimum absolute atomic E-state index is 0.0952. The van der Waals surface area contributed by atoms with Crippen LogP contribution in [0.1, 0.15) is 23.0 Å². The van der Waals surface area contributed by atoms with Crippen molar-refractivity contribution in [3.63, 3.8) is 0 Å². The van der Waals surface area contributed by atoms with E-state index in [2.05, 4.69) is 33.4 Å². The van der Waals surface area contributed by atoms with Gasteiger partial charge in [0.25, 0.3) is 0 Å². The molecule has 0 atom stereocenters. The first-order chi connectivity index (χ1) is 13.0. The third kappa shape index (κ3) is 4.31. The van der Waals surface area contributed by atoms with Gasteiger partial charge in [0, 0.05) is 35.4 Å². The van der Waals surface area contributed by atoms with Crippen molar-refractivity contribution in [2.45, 2.75) is 18.4 Å². The molecule has 0 radical (unpaired) electrons. The van der Waals surface area contributed by atoms with Crippen LogP contribution in [0, 0.1) is 0 Å². The lowest BCUT2D eigenvalue weighted by atomic mass is 10.1. The Kier molecular flexibility index (Phi) is 6.46. The van der Waals surface area contributed by atoms with Gasteiger partial charge < -0.3 is 19.7 Å². The fourth-order valence-electron chi connectivity index (χ4n) is 2.96. The number of nitrogens with zero attached hydrogens (tertiary/aromatic N) is 1. The van der Waals surface area contributed by atoms with Crippen molar-refractivity contribution in [2.75, 3.05) is 12.5 Å². The Hall–Kier alpha value is -1.96. The minimum Gasteiger partial charge on any atom is -0.507 e. The molecule has 0 bridgehead atoms. The van der Waals surface area contributed by atoms with Crippen LogP contribution in [0.15, 0.2) is 51.8 Å². The number of thioether (sulfide) groups is 1. The summed E-state index contributed by atoms with van der Waals surface area (Å²) in [5.74, 6) is 0.429. The van der Waals surface area contributed by atoms with E-state index in [1.807, 2.05) is 35.9 Å². The maximum atomic E-state index is 12.6. The van der Waals surface area contributed by atoms with Crippen molar-refractivity contribution in [1.82, 2.24) is 9.88 Å². The molecule has 5 nitrogen and oxygen atoms in total. The Labute approximate surface area is 170 Å². The molecule has 0 unspecified atom stereocenters. The molecule has 3 aromatic rings. The van der Waals surface area contributed by atoms with Crippen LogP contribution in [0.4, 0.5) is 0 Å². The number of halogens is 1. The molecular formula is C20H21BrN2O3S. The minimum atomic E-state index is -0.377. The molecule has 7 heteroatoms. The number of phenols is 1. The maximum Gasteiger partial charge on any atom is 0.340 e. The topological polar surface area (TPSA) is 63.5 Å². The van der Waals surface area contributed by atoms with E-state index >= 15 is 0 Å². The lowest BCUT2D eigenvalue weighted by Crippen LogP contribution is -2.18. The zero-order valence-corrected chi connectivity index (χ0v) is 17.6. The van der Waals surface area contributed by atoms with E-state index in [0.29, 0.717) is 34.5 Å². The van der Waals surface area contributed by atoms with E-state index in [1.54, 1.807) is 24.8 Å². The fourth-order valence-corrected chi connectivity index (χ4v) is 4.01. The van der Waals surface area contributed by atoms with Crippen molar-refractivity contribution in [3.05, 3.63) is 58.2 Å². The van der Waals surface area contributed by atoms with Crippen molar-refractivity contribution in [3.8, 4) is 5.75 Å². The van der Waals surface area contributed by atoms with Crippen LogP contribution >= 0.6 is 27.7 Å². The normalized spacial score (nSPS) is 11.1. The summed E-state index contributed by atoms with van der Waals surface area (Å²) >= 11 is 5.04. The van der Waals surface area contributed by atoms with Gasteiger partial charge >= 0.3 is 5.97 Å². The van der Waals surface area contributed by atoms with Gasteiger partial charge in [0.15, 0.2) is 0 Å². The van der Waals surface area contributed by atoms with E-state index < -0.39 is 0 Å². The van der Waals surface area contributed by atoms with Crippen molar-refractivity contribution in [1.29, 1.82) is 0 Å². The number of aromatic nitrogens is 1. The molecular weight excluding hydrogens is 428 g/mol. The molecule has 0 aliphatic heterocycles. The molecule has 1 aromatic heterocycles. The van der Waals surface area contributed by atoms with Gasteiger partial charge in [0.05, 0.1) is 22.2 Å². The van der Waals surface area contributed by atoms with Gasteiger partial charge in [0.1, 0.15) is 5.75 Å². The van der Waals surface area contributed by atoms with Gasteiger partial charge in [-0.1, -0.05) is 18.2 Å². The molecule has 0 aliphatic carbocycles. The number of aryl methyl sites for hydroxylation is 1. The van der Waals surface area contributed by atoms with Crippen LogP contribution in [0.5, 0.6) is 5.75 Å². The van der Waals surface area contributed by atoms with Crippen molar-refractivity contribution < 1.29 is 14.6 Å². The molecule has 3 rings (SSSR count). The quantitative estimate of drug-likeness (QED) is 0.238. The molecule has 0 spiro atoms. The van der Waals surface area contributed by atoms with Crippen LogP contribution in [-0.4, -0.2) is 28.1 Å². The summed E-state index contributed by atoms with van der Waals surface area (Å²) < 4.78 is 7.81. The predicted octanol–water partition coefficient (Wildman–Crippen LogP) is 4.66. The van der Waals surface area contributed by atoms with Crippen LogP contribution in [0.25, 0.3) is 10.9 Å². The summed E-state index contributed by atoms with van der Waals surface area (Å²) in [6.45, 7) is 2.59. The van der Waals surface area contributed by atoms with E-state index in [0.717, 1.165) is 11.2 Å². The highest BCUT2D eigenvalue weighted by Gasteiger charge is 2.23. The molecule has 0 saturated heterocycles. The molecule has 0 saturated carbocycles. The highest BCUT2D eigenvalue weighted by atomic mass is 79.9. The largest absolute Gasteiger partial charge is 0.507 e. The third-order valence-corrected chi connectivity index (χ3v) is 5.83. The lowest BCUT2D eigenvalue weighted by Gasteiger charge is -2.09. The molecule has 1 heterocycles. The van der Waals surface area contributed by atoms with Gasteiger partial charge in [-0.15, -0.1) is 11.8 Å². The third-order valence-electron chi connectivity index (χ3n) is 4.25. The summed E-state index contributed by atoms with van der Waals surface area (Å²) in [4.78, 5) is 13.8. The standard InChI is InChI=1S/C20H21BrN2O3S/c1-3-26-20(25)19-14-9-18(24)15(21)10-16(14)23(2)17(19)11-22-12-27-13-7-5-4-6-8-13/h4-10,22,24H,3,11-12H2,1-2H3. The first-order valence-electron chi connectivity index (χ1n) is 8.58. The first-order valence-corrected chi connectivity index (χ1v) is 10.4. The summed E-state index contributed by atoms with van der Waals surface area (Å²) in [7, 11) is 1.91. The van der Waals surface area contributed by atoms with Gasteiger partial charge in [-0.25, -0.2) is 4.79 Å². The Bertz CT molecular complexity index is 957. The molecule has 0 amide bonds. The number of nitrogens with one attached hydrogen (secondary N) is 1. The van der Waals surface area contributed by atoms with E-state index in [9.17, 15) is 9.90 Å². The molecule has 142 valence electrons. The summed E-state index contributed by atoms with van der Waals surface area (Å²) in [6, 6.07) is 13.6. The monoisotopic (exact) mass is 448 g/mol. The number of aromatic hydroxyl groups is 1. The summed E-state index contributed by atoms with van der Waals surface area (Å²) in [5.41, 5.74) is 2.18. The number of rotatable bonds is 7. The van der Waals surface area contributed by atoms with Gasteiger partial charge in [-0.3, -0.25) is 0 Å². The molecule has 0 fully saturated rings. The van der Waals surface area contributed by atoms with Crippen LogP contribution in [0.3, 0.4) is 0 Å². The van der Waals surface area contributed by atoms with Gasteiger partial charge in [0.2, 0.25) is 0 Å². The second-order valence-corrected chi connectivity index (χ2v) is 7.85. The Morgan fingerprint density at radius 2 is 2.04 bits per heavy atom. The predicted molar refractivity (Wildman–Crippen MR) is 112 cm³/mol. The number of hydrogen-bond donors (Lipinski definition) is 2. The highest BCUT2D eigenvalue weighted by Crippen LogP contribution is 2.34. The number of carbonyl (C=O) groups excluding carboxylic acids is 1. The van der Waals surface area contributed by atoms with E-state index in [4.69, 9.17) is 4.74 Å². The molecule has 0 aliphatic rings. The second-order valence-electron chi connectivity index (χ2n) is 5.95. The average molecular weight is 449 g/mol. The summed E-state index contributed by atoms with van der Waals surface area (Å²) in [6.07, 6.45) is 0. The zero-order chi connectivity index (χ0) is 19.4. The van der Waals surface area contributed by atoms with Gasteiger partial charge in [-0.05, 0) is 47.1 Å². The molecule has 2 N–H and O–H groups in total. The van der Waals surface area contributed by atoms with Crippen molar-refractivity contribution >= 4 is 44.6 Å². The number of fused-ring (bicyclic) bond motifs is 1. The van der Waals surface area contributed by atoms with Crippen molar-refractivity contribution in [2.24, 2.45) is 7.05 Å². The number of phenolic OH excluding ortho intramolecular Hbond substituents is 1. The fraction of sp³-hybridized carbons (Fsp3) is 0.250. The number of carbonyl (C=O) groups is 1. The number of benzene rings is 2. The Morgan fingerprint density at radius 1 is 1.30 bits per heavy atom. The Balaban J connectivity index is 1.87. The van der Waals surface area contributed by atoms with Crippen LogP contribution < -0.4 is 5.32 Å². The zero-order valence-electron chi connectivity index (χ0n) is 15.2. The average Bonchev–Trinajstić information content (AvgIpc) is 2.92. The lowest BCUT2D eigenvalue weighted by molar-refractivity contribution is 0.0527. The van der Waals surface area contributed by atoms with E-state index in [1.165, 1.54) is 4.90 Å². The smallest absolute Gasteiger partial charge is 0.340 e.